The molecule has 0 spiro atoms. The normalized spacial score (nSPS) is 12.0. The van der Waals surface area contributed by atoms with Crippen LogP contribution in [0.5, 0.6) is 0 Å². The molecule has 3 aromatic carbocycles. The largest absolute Gasteiger partial charge is 0.465 e. The van der Waals surface area contributed by atoms with Gasteiger partial charge >= 0.3 is 5.97 Å². The van der Waals surface area contributed by atoms with E-state index in [-0.39, 0.29) is 36.0 Å². The second-order valence-corrected chi connectivity index (χ2v) is 13.7. The molecule has 11 heteroatoms. The van der Waals surface area contributed by atoms with Crippen molar-refractivity contribution >= 4 is 44.9 Å². The lowest BCUT2D eigenvalue weighted by atomic mass is 9.99. The average Bonchev–Trinajstić information content (AvgIpc) is 3.46. The number of thiophene rings is 1. The number of fused-ring (bicyclic) bond motifs is 1. The number of hydrogen-bond donors (Lipinski definition) is 1. The van der Waals surface area contributed by atoms with Crippen molar-refractivity contribution in [1.29, 1.82) is 0 Å². The third-order valence-corrected chi connectivity index (χ3v) is 9.63. The maximum Gasteiger partial charge on any atom is 0.302 e. The number of benzene rings is 3. The zero-order valence-electron chi connectivity index (χ0n) is 28.6. The lowest BCUT2D eigenvalue weighted by molar-refractivity contribution is -0.143. The van der Waals surface area contributed by atoms with E-state index in [0.717, 1.165) is 16.0 Å². The fourth-order valence-corrected chi connectivity index (χ4v) is 6.94. The van der Waals surface area contributed by atoms with Gasteiger partial charge in [-0.3, -0.25) is 24.1 Å². The Kier molecular flexibility index (Phi) is 11.4. The number of hydrogen-bond acceptors (Lipinski definition) is 7. The molecule has 0 saturated carbocycles. The van der Waals surface area contributed by atoms with Gasteiger partial charge in [0.15, 0.2) is 5.78 Å². The number of ketones is 1. The molecule has 0 radical (unpaired) electrons. The van der Waals surface area contributed by atoms with Crippen molar-refractivity contribution in [3.05, 3.63) is 123 Å². The number of rotatable bonds is 13. The van der Waals surface area contributed by atoms with Crippen molar-refractivity contribution in [3.8, 4) is 10.4 Å². The Balaban J connectivity index is 1.64. The minimum Gasteiger partial charge on any atom is -0.465 e. The van der Waals surface area contributed by atoms with Gasteiger partial charge in [-0.15, -0.1) is 11.3 Å². The lowest BCUT2D eigenvalue weighted by Gasteiger charge is -2.18. The van der Waals surface area contributed by atoms with E-state index in [1.54, 1.807) is 37.5 Å². The molecule has 1 unspecified atom stereocenters. The highest BCUT2D eigenvalue weighted by Gasteiger charge is 2.26. The predicted molar refractivity (Wildman–Crippen MR) is 192 cm³/mol. The molecule has 2 aromatic heterocycles. The van der Waals surface area contributed by atoms with Crippen molar-refractivity contribution in [2.45, 2.75) is 47.3 Å². The van der Waals surface area contributed by atoms with Gasteiger partial charge in [-0.05, 0) is 48.0 Å². The first-order valence-corrected chi connectivity index (χ1v) is 17.1. The van der Waals surface area contributed by atoms with E-state index in [0.29, 0.717) is 34.6 Å². The first-order chi connectivity index (χ1) is 23.8. The Labute approximate surface area is 293 Å². The highest BCUT2D eigenvalue weighted by molar-refractivity contribution is 7.22. The van der Waals surface area contributed by atoms with Crippen LogP contribution in [0, 0.1) is 23.5 Å². The van der Waals surface area contributed by atoms with E-state index in [4.69, 9.17) is 4.74 Å². The van der Waals surface area contributed by atoms with Crippen LogP contribution in [0.25, 0.3) is 20.7 Å². The summed E-state index contributed by atoms with van der Waals surface area (Å²) in [6.45, 7) is 6.98. The van der Waals surface area contributed by atoms with Crippen LogP contribution < -0.4 is 10.7 Å². The molecule has 0 fully saturated rings. The number of ether oxygens (including phenoxy) is 1. The van der Waals surface area contributed by atoms with Crippen LogP contribution in [0.3, 0.4) is 0 Å². The topological polar surface area (TPSA) is 97.7 Å². The maximum atomic E-state index is 15.0. The van der Waals surface area contributed by atoms with Gasteiger partial charge in [0.25, 0.3) is 0 Å². The predicted octanol–water partition coefficient (Wildman–Crippen LogP) is 7.66. The Morgan fingerprint density at radius 1 is 0.900 bits per heavy atom. The molecule has 0 bridgehead atoms. The van der Waals surface area contributed by atoms with Crippen LogP contribution in [-0.2, 0) is 34.0 Å². The molecule has 5 rings (SSSR count). The number of pyridine rings is 1. The SMILES string of the molecule is CC(=O)OCC(C)C(=O)Nc1ccc(-c2sc3c(c2CN(C)Cc2ccccc2)c(=O)c(C(=O)C(C)C)cn3Cc2c(F)cccc2F)cc1. The maximum absolute atomic E-state index is 15.0. The molecule has 5 aromatic rings. The van der Waals surface area contributed by atoms with E-state index in [1.165, 1.54) is 42.7 Å². The smallest absolute Gasteiger partial charge is 0.302 e. The van der Waals surface area contributed by atoms with Gasteiger partial charge < -0.3 is 14.6 Å². The van der Waals surface area contributed by atoms with Crippen molar-refractivity contribution in [1.82, 2.24) is 9.47 Å². The van der Waals surface area contributed by atoms with Crippen molar-refractivity contribution in [3.63, 3.8) is 0 Å². The van der Waals surface area contributed by atoms with Crippen LogP contribution in [0.15, 0.2) is 83.8 Å². The molecule has 0 saturated heterocycles. The number of halogens is 2. The van der Waals surface area contributed by atoms with Crippen molar-refractivity contribution in [2.75, 3.05) is 19.0 Å². The minimum atomic E-state index is -0.729. The number of amides is 1. The van der Waals surface area contributed by atoms with Crippen LogP contribution in [0.1, 0.15) is 54.7 Å². The minimum absolute atomic E-state index is 0.0403. The summed E-state index contributed by atoms with van der Waals surface area (Å²) < 4.78 is 36.5. The molecule has 8 nitrogen and oxygen atoms in total. The molecular formula is C39H39F2N3O5S. The van der Waals surface area contributed by atoms with Gasteiger partial charge in [0.1, 0.15) is 23.1 Å². The number of anilines is 1. The van der Waals surface area contributed by atoms with E-state index < -0.39 is 34.9 Å². The summed E-state index contributed by atoms with van der Waals surface area (Å²) in [6.07, 6.45) is 1.42. The molecule has 0 aliphatic rings. The number of nitrogens with zero attached hydrogens (tertiary/aromatic N) is 2. The third-order valence-electron chi connectivity index (χ3n) is 8.31. The summed E-state index contributed by atoms with van der Waals surface area (Å²) >= 11 is 1.30. The van der Waals surface area contributed by atoms with Crippen LogP contribution >= 0.6 is 11.3 Å². The Morgan fingerprint density at radius 3 is 2.18 bits per heavy atom. The Morgan fingerprint density at radius 2 is 1.56 bits per heavy atom. The fraction of sp³-hybridized carbons (Fsp3) is 0.282. The molecule has 0 aliphatic heterocycles. The summed E-state index contributed by atoms with van der Waals surface area (Å²) in [5.74, 6) is -3.66. The van der Waals surface area contributed by atoms with Crippen molar-refractivity contribution < 1.29 is 27.9 Å². The van der Waals surface area contributed by atoms with Gasteiger partial charge in [-0.2, -0.15) is 0 Å². The lowest BCUT2D eigenvalue weighted by Crippen LogP contribution is -2.25. The number of esters is 1. The average molecular weight is 700 g/mol. The fourth-order valence-electron chi connectivity index (χ4n) is 5.65. The second kappa shape index (κ2) is 15.7. The quantitative estimate of drug-likeness (QED) is 0.100. The van der Waals surface area contributed by atoms with Crippen molar-refractivity contribution in [2.24, 2.45) is 11.8 Å². The van der Waals surface area contributed by atoms with Crippen LogP contribution in [0.2, 0.25) is 0 Å². The summed E-state index contributed by atoms with van der Waals surface area (Å²) in [4.78, 5) is 54.9. The van der Waals surface area contributed by atoms with Gasteiger partial charge in [-0.1, -0.05) is 69.3 Å². The summed E-state index contributed by atoms with van der Waals surface area (Å²) in [6, 6.07) is 20.6. The standard InChI is InChI=1S/C39H39F2N3O5S/c1-23(2)35(46)31-21-44(20-29-32(40)12-9-13-33(29)41)39-34(36(31)47)30(19-43(5)18-26-10-7-6-8-11-26)37(50-39)27-14-16-28(17-15-27)42-38(48)24(3)22-49-25(4)45/h6-17,21,23-24H,18-20,22H2,1-5H3,(H,42,48). The molecular weight excluding hydrogens is 661 g/mol. The summed E-state index contributed by atoms with van der Waals surface area (Å²) in [5, 5.41) is 3.16. The molecule has 1 atom stereocenters. The molecule has 260 valence electrons. The summed E-state index contributed by atoms with van der Waals surface area (Å²) in [5.41, 5.74) is 2.38. The van der Waals surface area contributed by atoms with Gasteiger partial charge in [0.2, 0.25) is 11.3 Å². The van der Waals surface area contributed by atoms with Gasteiger partial charge in [0, 0.05) is 48.3 Å². The molecule has 2 heterocycles. The first kappa shape index (κ1) is 36.3. The van der Waals surface area contributed by atoms with Gasteiger partial charge in [-0.25, -0.2) is 8.78 Å². The summed E-state index contributed by atoms with van der Waals surface area (Å²) in [7, 11) is 1.94. The molecule has 0 aliphatic carbocycles. The van der Waals surface area contributed by atoms with Crippen LogP contribution in [0.4, 0.5) is 14.5 Å². The second-order valence-electron chi connectivity index (χ2n) is 12.7. The van der Waals surface area contributed by atoms with Gasteiger partial charge in [0.05, 0.1) is 23.4 Å². The number of aromatic nitrogens is 1. The highest BCUT2D eigenvalue weighted by Crippen LogP contribution is 2.39. The monoisotopic (exact) mass is 699 g/mol. The number of carbonyl (C=O) groups is 3. The number of carbonyl (C=O) groups excluding carboxylic acids is 3. The third kappa shape index (κ3) is 8.23. The number of nitrogens with one attached hydrogen (secondary N) is 1. The number of Topliss-reactive ketones (excluding diaryl/α,β-unsaturated/α-hetero) is 1. The van der Waals surface area contributed by atoms with Crippen LogP contribution in [-0.4, -0.2) is 40.8 Å². The molecule has 50 heavy (non-hydrogen) atoms. The van der Waals surface area contributed by atoms with E-state index in [2.05, 4.69) is 10.2 Å². The molecule has 1 amide bonds. The van der Waals surface area contributed by atoms with E-state index in [9.17, 15) is 28.0 Å². The first-order valence-electron chi connectivity index (χ1n) is 16.3. The van der Waals surface area contributed by atoms with E-state index in [1.807, 2.05) is 49.5 Å². The zero-order valence-corrected chi connectivity index (χ0v) is 29.4. The highest BCUT2D eigenvalue weighted by atomic mass is 32.1. The zero-order chi connectivity index (χ0) is 36.1. The Hall–Kier alpha value is -5.00. The Bertz CT molecular complexity index is 2070. The van der Waals surface area contributed by atoms with E-state index >= 15 is 0 Å². The molecule has 1 N–H and O–H groups in total.